The Hall–Kier alpha value is -4.38. The number of carboxylic acid groups (broad SMARTS) is 1. The highest BCUT2D eigenvalue weighted by molar-refractivity contribution is 6.12. The first-order valence-electron chi connectivity index (χ1n) is 11.5. The van der Waals surface area contributed by atoms with Gasteiger partial charge >= 0.3 is 5.97 Å². The minimum atomic E-state index is -0.812. The van der Waals surface area contributed by atoms with E-state index < -0.39 is 5.97 Å². The van der Waals surface area contributed by atoms with Crippen molar-refractivity contribution in [2.75, 3.05) is 12.4 Å². The zero-order valence-corrected chi connectivity index (χ0v) is 19.6. The van der Waals surface area contributed by atoms with Crippen LogP contribution in [0.3, 0.4) is 0 Å². The molecule has 0 fully saturated rings. The predicted octanol–water partition coefficient (Wildman–Crippen LogP) is 6.30. The highest BCUT2D eigenvalue weighted by Gasteiger charge is 2.17. The number of nitrogens with zero attached hydrogens (tertiary/aromatic N) is 1. The summed E-state index contributed by atoms with van der Waals surface area (Å²) in [5.41, 5.74) is 6.81. The molecule has 4 aromatic rings. The monoisotopic (exact) mass is 464 g/mol. The number of benzene rings is 4. The number of hydrogen-bond acceptors (Lipinski definition) is 4. The quantitative estimate of drug-likeness (QED) is 0.213. The molecule has 0 saturated heterocycles. The Kier molecular flexibility index (Phi) is 7.92. The van der Waals surface area contributed by atoms with Crippen molar-refractivity contribution in [3.63, 3.8) is 0 Å². The summed E-state index contributed by atoms with van der Waals surface area (Å²) < 4.78 is 0. The number of oxime groups is 1. The van der Waals surface area contributed by atoms with Gasteiger partial charge in [0.1, 0.15) is 12.8 Å². The molecule has 0 aliphatic heterocycles. The van der Waals surface area contributed by atoms with Crippen molar-refractivity contribution in [2.24, 2.45) is 5.16 Å². The van der Waals surface area contributed by atoms with Crippen molar-refractivity contribution in [1.82, 2.24) is 0 Å². The summed E-state index contributed by atoms with van der Waals surface area (Å²) >= 11 is 0. The van der Waals surface area contributed by atoms with Crippen molar-refractivity contribution in [3.8, 4) is 0 Å². The van der Waals surface area contributed by atoms with E-state index in [9.17, 15) is 9.90 Å². The zero-order chi connectivity index (χ0) is 24.5. The Balaban J connectivity index is 1.47. The van der Waals surface area contributed by atoms with E-state index in [0.717, 1.165) is 39.2 Å². The third-order valence-electron chi connectivity index (χ3n) is 5.82. The van der Waals surface area contributed by atoms with Crippen LogP contribution in [0.4, 0.5) is 5.69 Å². The molecule has 35 heavy (non-hydrogen) atoms. The Bertz CT molecular complexity index is 1270. The van der Waals surface area contributed by atoms with Gasteiger partial charge in [-0.2, -0.15) is 0 Å². The second kappa shape index (κ2) is 11.7. The van der Waals surface area contributed by atoms with Crippen LogP contribution in [0.2, 0.25) is 0 Å². The lowest BCUT2D eigenvalue weighted by Crippen LogP contribution is -2.08. The minimum absolute atomic E-state index is 0.0519. The number of carboxylic acids is 1. The number of nitrogens with one attached hydrogen (secondary N) is 1. The van der Waals surface area contributed by atoms with E-state index in [4.69, 9.17) is 4.84 Å². The third kappa shape index (κ3) is 6.36. The summed E-state index contributed by atoms with van der Waals surface area (Å²) in [6, 6.07) is 35.9. The molecule has 1 unspecified atom stereocenters. The Morgan fingerprint density at radius 1 is 0.829 bits per heavy atom. The number of aliphatic carboxylic acids is 1. The molecule has 0 aliphatic rings. The fraction of sp³-hybridized carbons (Fsp3) is 0.133. The van der Waals surface area contributed by atoms with Gasteiger partial charge < -0.3 is 15.3 Å². The molecule has 5 nitrogen and oxygen atoms in total. The summed E-state index contributed by atoms with van der Waals surface area (Å²) in [7, 11) is 1.55. The maximum absolute atomic E-state index is 11.5. The standard InChI is InChI=1S/C30H28N2O3/c1-35-32-30(25-12-6-3-7-13-25)26-14-8-9-22(19-26)21-31-27-17-15-24(16-18-27)28(20-29(33)34)23-10-4-2-5-11-23/h2-19,28,31H,20-21H2,1H3,(H,33,34)/b32-30-. The lowest BCUT2D eigenvalue weighted by Gasteiger charge is -2.17. The van der Waals surface area contributed by atoms with Crippen molar-refractivity contribution in [3.05, 3.63) is 137 Å². The number of carbonyl (C=O) groups is 1. The number of anilines is 1. The molecule has 4 aromatic carbocycles. The van der Waals surface area contributed by atoms with Gasteiger partial charge in [0.2, 0.25) is 0 Å². The number of hydrogen-bond donors (Lipinski definition) is 2. The molecule has 0 aromatic heterocycles. The molecule has 4 rings (SSSR count). The first-order valence-corrected chi connectivity index (χ1v) is 11.5. The summed E-state index contributed by atoms with van der Waals surface area (Å²) in [5, 5.41) is 17.1. The van der Waals surface area contributed by atoms with Crippen molar-refractivity contribution in [2.45, 2.75) is 18.9 Å². The van der Waals surface area contributed by atoms with Crippen LogP contribution in [0.15, 0.2) is 114 Å². The van der Waals surface area contributed by atoms with E-state index in [1.807, 2.05) is 97.1 Å². The molecule has 0 aliphatic carbocycles. The molecule has 2 N–H and O–H groups in total. The molecule has 0 bridgehead atoms. The van der Waals surface area contributed by atoms with Gasteiger partial charge in [-0.1, -0.05) is 96.2 Å². The lowest BCUT2D eigenvalue weighted by molar-refractivity contribution is -0.137. The van der Waals surface area contributed by atoms with Crippen LogP contribution in [0.1, 0.15) is 40.2 Å². The molecule has 0 saturated carbocycles. The predicted molar refractivity (Wildman–Crippen MR) is 140 cm³/mol. The van der Waals surface area contributed by atoms with Gasteiger partial charge in [-0.15, -0.1) is 0 Å². The van der Waals surface area contributed by atoms with Gasteiger partial charge in [-0.05, 0) is 34.9 Å². The van der Waals surface area contributed by atoms with E-state index in [-0.39, 0.29) is 12.3 Å². The van der Waals surface area contributed by atoms with E-state index in [2.05, 4.69) is 22.6 Å². The van der Waals surface area contributed by atoms with Crippen LogP contribution in [0.25, 0.3) is 0 Å². The first-order chi connectivity index (χ1) is 17.1. The summed E-state index contributed by atoms with van der Waals surface area (Å²) in [6.07, 6.45) is 0.0519. The lowest BCUT2D eigenvalue weighted by atomic mass is 9.88. The zero-order valence-electron chi connectivity index (χ0n) is 19.6. The molecule has 0 spiro atoms. The van der Waals surface area contributed by atoms with E-state index in [0.29, 0.717) is 6.54 Å². The van der Waals surface area contributed by atoms with E-state index >= 15 is 0 Å². The molecule has 5 heteroatoms. The maximum atomic E-state index is 11.5. The van der Waals surface area contributed by atoms with Crippen molar-refractivity contribution in [1.29, 1.82) is 0 Å². The summed E-state index contributed by atoms with van der Waals surface area (Å²) in [5.74, 6) is -0.997. The smallest absolute Gasteiger partial charge is 0.304 e. The van der Waals surface area contributed by atoms with Crippen LogP contribution in [0.5, 0.6) is 0 Å². The molecular weight excluding hydrogens is 436 g/mol. The first kappa shape index (κ1) is 23.8. The Labute approximate surface area is 205 Å². The van der Waals surface area contributed by atoms with Gasteiger partial charge in [0.15, 0.2) is 0 Å². The molecule has 176 valence electrons. The second-order valence-electron chi connectivity index (χ2n) is 8.23. The molecule has 0 amide bonds. The highest BCUT2D eigenvalue weighted by atomic mass is 16.6. The molecule has 0 heterocycles. The van der Waals surface area contributed by atoms with Crippen molar-refractivity contribution < 1.29 is 14.7 Å². The molecule has 0 radical (unpaired) electrons. The van der Waals surface area contributed by atoms with Gasteiger partial charge in [0.05, 0.1) is 6.42 Å². The summed E-state index contributed by atoms with van der Waals surface area (Å²) in [6.45, 7) is 0.638. The van der Waals surface area contributed by atoms with Gasteiger partial charge in [0.25, 0.3) is 0 Å². The minimum Gasteiger partial charge on any atom is -0.481 e. The Morgan fingerprint density at radius 3 is 2.11 bits per heavy atom. The molecular formula is C30H28N2O3. The van der Waals surface area contributed by atoms with Gasteiger partial charge in [0, 0.05) is 29.3 Å². The van der Waals surface area contributed by atoms with Crippen molar-refractivity contribution >= 4 is 17.4 Å². The van der Waals surface area contributed by atoms with Gasteiger partial charge in [-0.3, -0.25) is 4.79 Å². The normalized spacial score (nSPS) is 12.1. The maximum Gasteiger partial charge on any atom is 0.304 e. The second-order valence-corrected chi connectivity index (χ2v) is 8.23. The fourth-order valence-electron chi connectivity index (χ4n) is 4.11. The average molecular weight is 465 g/mol. The largest absolute Gasteiger partial charge is 0.481 e. The molecule has 1 atom stereocenters. The van der Waals surface area contributed by atoms with E-state index in [1.165, 1.54) is 0 Å². The van der Waals surface area contributed by atoms with E-state index in [1.54, 1.807) is 7.11 Å². The average Bonchev–Trinajstić information content (AvgIpc) is 2.90. The van der Waals surface area contributed by atoms with Crippen LogP contribution >= 0.6 is 0 Å². The Morgan fingerprint density at radius 2 is 1.46 bits per heavy atom. The van der Waals surface area contributed by atoms with Crippen LogP contribution in [-0.2, 0) is 16.2 Å². The van der Waals surface area contributed by atoms with Crippen LogP contribution in [-0.4, -0.2) is 23.9 Å². The van der Waals surface area contributed by atoms with Crippen LogP contribution in [0, 0.1) is 0 Å². The van der Waals surface area contributed by atoms with Crippen LogP contribution < -0.4 is 5.32 Å². The number of rotatable bonds is 10. The summed E-state index contributed by atoms with van der Waals surface area (Å²) in [4.78, 5) is 16.6. The fourth-order valence-corrected chi connectivity index (χ4v) is 4.11. The SMILES string of the molecule is CO/N=C(/c1ccccc1)c1cccc(CNc2ccc(C(CC(=O)O)c3ccccc3)cc2)c1. The third-order valence-corrected chi connectivity index (χ3v) is 5.82. The topological polar surface area (TPSA) is 70.9 Å². The van der Waals surface area contributed by atoms with Gasteiger partial charge in [-0.25, -0.2) is 0 Å². The highest BCUT2D eigenvalue weighted by Crippen LogP contribution is 2.29.